The van der Waals surface area contributed by atoms with Crippen LogP contribution in [-0.4, -0.2) is 22.8 Å². The Morgan fingerprint density at radius 2 is 2.19 bits per heavy atom. The first kappa shape index (κ1) is 12.2. The number of hydrogen-bond acceptors (Lipinski definition) is 3. The van der Waals surface area contributed by atoms with Crippen molar-refractivity contribution in [3.8, 4) is 6.07 Å². The SMILES string of the molecule is CCC(C#N)C(=O)N(C)Cc1ccncc1. The average Bonchev–Trinajstić information content (AvgIpc) is 2.31. The van der Waals surface area contributed by atoms with Crippen LogP contribution in [0.4, 0.5) is 0 Å². The lowest BCUT2D eigenvalue weighted by atomic mass is 10.1. The van der Waals surface area contributed by atoms with Gasteiger partial charge in [0.05, 0.1) is 6.07 Å². The second kappa shape index (κ2) is 5.86. The number of aromatic nitrogens is 1. The molecule has 0 aliphatic heterocycles. The third-order valence-corrected chi connectivity index (χ3v) is 2.41. The van der Waals surface area contributed by atoms with E-state index in [1.54, 1.807) is 24.3 Å². The summed E-state index contributed by atoms with van der Waals surface area (Å²) in [5.74, 6) is -0.659. The molecule has 4 heteroatoms. The third kappa shape index (κ3) is 3.06. The molecule has 0 aliphatic carbocycles. The van der Waals surface area contributed by atoms with Crippen LogP contribution in [0.5, 0.6) is 0 Å². The highest BCUT2D eigenvalue weighted by molar-refractivity contribution is 5.80. The summed E-state index contributed by atoms with van der Waals surface area (Å²) < 4.78 is 0. The minimum Gasteiger partial charge on any atom is -0.340 e. The second-order valence-electron chi connectivity index (χ2n) is 3.64. The second-order valence-corrected chi connectivity index (χ2v) is 3.64. The van der Waals surface area contributed by atoms with Crippen LogP contribution in [0, 0.1) is 17.2 Å². The Morgan fingerprint density at radius 3 is 2.69 bits per heavy atom. The van der Waals surface area contributed by atoms with E-state index in [4.69, 9.17) is 5.26 Å². The fraction of sp³-hybridized carbons (Fsp3) is 0.417. The van der Waals surface area contributed by atoms with Crippen LogP contribution in [0.25, 0.3) is 0 Å². The van der Waals surface area contributed by atoms with E-state index in [2.05, 4.69) is 4.98 Å². The highest BCUT2D eigenvalue weighted by Crippen LogP contribution is 2.08. The van der Waals surface area contributed by atoms with E-state index in [1.807, 2.05) is 25.1 Å². The Balaban J connectivity index is 2.63. The van der Waals surface area contributed by atoms with Crippen molar-refractivity contribution in [1.82, 2.24) is 9.88 Å². The van der Waals surface area contributed by atoms with E-state index in [0.29, 0.717) is 13.0 Å². The van der Waals surface area contributed by atoms with Crippen LogP contribution >= 0.6 is 0 Å². The fourth-order valence-corrected chi connectivity index (χ4v) is 1.43. The summed E-state index contributed by atoms with van der Waals surface area (Å²) in [6.45, 7) is 2.35. The molecule has 0 radical (unpaired) electrons. The van der Waals surface area contributed by atoms with E-state index in [9.17, 15) is 4.79 Å². The van der Waals surface area contributed by atoms with Gasteiger partial charge in [0.15, 0.2) is 0 Å². The maximum absolute atomic E-state index is 11.8. The molecule has 4 nitrogen and oxygen atoms in total. The Labute approximate surface area is 95.5 Å². The highest BCUT2D eigenvalue weighted by Gasteiger charge is 2.19. The Bertz CT molecular complexity index is 383. The van der Waals surface area contributed by atoms with Gasteiger partial charge in [0, 0.05) is 26.0 Å². The molecule has 0 bridgehead atoms. The zero-order chi connectivity index (χ0) is 12.0. The number of carbonyl (C=O) groups is 1. The Hall–Kier alpha value is -1.89. The Kier molecular flexibility index (Phi) is 4.46. The van der Waals surface area contributed by atoms with Crippen LogP contribution in [0.15, 0.2) is 24.5 Å². The smallest absolute Gasteiger partial charge is 0.239 e. The number of pyridine rings is 1. The van der Waals surface area contributed by atoms with Gasteiger partial charge in [-0.05, 0) is 24.1 Å². The van der Waals surface area contributed by atoms with Crippen molar-refractivity contribution < 1.29 is 4.79 Å². The molecule has 0 fully saturated rings. The molecule has 0 aliphatic rings. The van der Waals surface area contributed by atoms with E-state index < -0.39 is 5.92 Å². The van der Waals surface area contributed by atoms with Gasteiger partial charge < -0.3 is 4.90 Å². The zero-order valence-electron chi connectivity index (χ0n) is 9.55. The summed E-state index contributed by atoms with van der Waals surface area (Å²) in [5.41, 5.74) is 1.01. The highest BCUT2D eigenvalue weighted by atomic mass is 16.2. The predicted molar refractivity (Wildman–Crippen MR) is 60.1 cm³/mol. The summed E-state index contributed by atoms with van der Waals surface area (Å²) in [6.07, 6.45) is 3.93. The number of nitrogens with zero attached hydrogens (tertiary/aromatic N) is 3. The molecule has 1 unspecified atom stereocenters. The number of nitriles is 1. The van der Waals surface area contributed by atoms with Crippen LogP contribution in [0.2, 0.25) is 0 Å². The first-order valence-electron chi connectivity index (χ1n) is 5.22. The van der Waals surface area contributed by atoms with Crippen LogP contribution in [0.1, 0.15) is 18.9 Å². The minimum atomic E-state index is -0.535. The number of carbonyl (C=O) groups excluding carboxylic acids is 1. The quantitative estimate of drug-likeness (QED) is 0.769. The van der Waals surface area contributed by atoms with E-state index in [-0.39, 0.29) is 5.91 Å². The van der Waals surface area contributed by atoms with Gasteiger partial charge in [-0.15, -0.1) is 0 Å². The molecule has 0 spiro atoms. The topological polar surface area (TPSA) is 57.0 Å². The van der Waals surface area contributed by atoms with Crippen LogP contribution < -0.4 is 0 Å². The number of rotatable bonds is 4. The molecule has 1 aromatic rings. The van der Waals surface area contributed by atoms with Gasteiger partial charge in [0.1, 0.15) is 5.92 Å². The lowest BCUT2D eigenvalue weighted by Crippen LogP contribution is -2.31. The van der Waals surface area contributed by atoms with Gasteiger partial charge in [0.25, 0.3) is 0 Å². The van der Waals surface area contributed by atoms with Crippen molar-refractivity contribution in [1.29, 1.82) is 5.26 Å². The molecular formula is C12H15N3O. The lowest BCUT2D eigenvalue weighted by molar-refractivity contribution is -0.133. The normalized spacial score (nSPS) is 11.6. The standard InChI is InChI=1S/C12H15N3O/c1-3-11(8-13)12(16)15(2)9-10-4-6-14-7-5-10/h4-7,11H,3,9H2,1-2H3. The van der Waals surface area contributed by atoms with Gasteiger partial charge in [-0.25, -0.2) is 0 Å². The minimum absolute atomic E-state index is 0.123. The molecular weight excluding hydrogens is 202 g/mol. The number of amides is 1. The molecule has 1 amide bonds. The summed E-state index contributed by atoms with van der Waals surface area (Å²) in [4.78, 5) is 17.3. The number of hydrogen-bond donors (Lipinski definition) is 0. The third-order valence-electron chi connectivity index (χ3n) is 2.41. The molecule has 0 saturated carbocycles. The van der Waals surface area contributed by atoms with Crippen LogP contribution in [0.3, 0.4) is 0 Å². The Morgan fingerprint density at radius 1 is 1.56 bits per heavy atom. The predicted octanol–water partition coefficient (Wildman–Crippen LogP) is 1.59. The van der Waals surface area contributed by atoms with Crippen molar-refractivity contribution in [2.75, 3.05) is 7.05 Å². The van der Waals surface area contributed by atoms with Gasteiger partial charge in [-0.1, -0.05) is 6.92 Å². The van der Waals surface area contributed by atoms with E-state index in [0.717, 1.165) is 5.56 Å². The van der Waals surface area contributed by atoms with Gasteiger partial charge in [0.2, 0.25) is 5.91 Å². The van der Waals surface area contributed by atoms with Gasteiger partial charge in [-0.2, -0.15) is 5.26 Å². The molecule has 0 saturated heterocycles. The summed E-state index contributed by atoms with van der Waals surface area (Å²) in [6, 6.07) is 5.73. The fourth-order valence-electron chi connectivity index (χ4n) is 1.43. The van der Waals surface area contributed by atoms with Crippen molar-refractivity contribution in [3.05, 3.63) is 30.1 Å². The maximum Gasteiger partial charge on any atom is 0.239 e. The monoisotopic (exact) mass is 217 g/mol. The van der Waals surface area contributed by atoms with Crippen molar-refractivity contribution in [3.63, 3.8) is 0 Å². The first-order valence-corrected chi connectivity index (χ1v) is 5.22. The van der Waals surface area contributed by atoms with Crippen molar-refractivity contribution >= 4 is 5.91 Å². The zero-order valence-corrected chi connectivity index (χ0v) is 9.55. The molecule has 0 aromatic carbocycles. The van der Waals surface area contributed by atoms with Crippen LogP contribution in [-0.2, 0) is 11.3 Å². The lowest BCUT2D eigenvalue weighted by Gasteiger charge is -2.19. The van der Waals surface area contributed by atoms with E-state index in [1.165, 1.54) is 0 Å². The molecule has 84 valence electrons. The summed E-state index contributed by atoms with van der Waals surface area (Å²) in [5, 5.41) is 8.80. The van der Waals surface area contributed by atoms with E-state index >= 15 is 0 Å². The first-order chi connectivity index (χ1) is 7.69. The van der Waals surface area contributed by atoms with Crippen molar-refractivity contribution in [2.45, 2.75) is 19.9 Å². The summed E-state index contributed by atoms with van der Waals surface area (Å²) in [7, 11) is 1.71. The van der Waals surface area contributed by atoms with Gasteiger partial charge in [-0.3, -0.25) is 9.78 Å². The van der Waals surface area contributed by atoms with Gasteiger partial charge >= 0.3 is 0 Å². The molecule has 1 heterocycles. The largest absolute Gasteiger partial charge is 0.340 e. The molecule has 1 atom stereocenters. The maximum atomic E-state index is 11.8. The molecule has 1 rings (SSSR count). The molecule has 16 heavy (non-hydrogen) atoms. The average molecular weight is 217 g/mol. The van der Waals surface area contributed by atoms with Crippen molar-refractivity contribution in [2.24, 2.45) is 5.92 Å². The molecule has 1 aromatic heterocycles. The molecule has 0 N–H and O–H groups in total. The summed E-state index contributed by atoms with van der Waals surface area (Å²) >= 11 is 0.